The van der Waals surface area contributed by atoms with Crippen LogP contribution in [0.4, 0.5) is 0 Å². The summed E-state index contributed by atoms with van der Waals surface area (Å²) in [4.78, 5) is 4.23. The van der Waals surface area contributed by atoms with E-state index in [0.717, 1.165) is 55.6 Å². The summed E-state index contributed by atoms with van der Waals surface area (Å²) in [7, 11) is 5.06. The summed E-state index contributed by atoms with van der Waals surface area (Å²) in [5, 5.41) is 6.57. The molecule has 0 aromatic heterocycles. The molecule has 0 heterocycles. The number of ether oxygens (including phenoxy) is 3. The average Bonchev–Trinajstić information content (AvgIpc) is 2.63. The first-order valence-electron chi connectivity index (χ1n) is 8.48. The monoisotopic (exact) mass is 337 g/mol. The SMILES string of the molecule is CCCCOCCCNC(=NC)NCc1ccc(OC)cc1OC. The van der Waals surface area contributed by atoms with Gasteiger partial charge in [-0.1, -0.05) is 13.3 Å². The molecule has 24 heavy (non-hydrogen) atoms. The Morgan fingerprint density at radius 2 is 1.88 bits per heavy atom. The van der Waals surface area contributed by atoms with Gasteiger partial charge in [0, 0.05) is 45.0 Å². The van der Waals surface area contributed by atoms with Crippen LogP contribution in [0.2, 0.25) is 0 Å². The molecule has 6 nitrogen and oxygen atoms in total. The molecule has 0 spiro atoms. The summed E-state index contributed by atoms with van der Waals surface area (Å²) < 4.78 is 16.2. The van der Waals surface area contributed by atoms with Gasteiger partial charge in [0.25, 0.3) is 0 Å². The second kappa shape index (κ2) is 12.5. The molecular formula is C18H31N3O3. The fraction of sp³-hybridized carbons (Fsp3) is 0.611. The number of hydrogen-bond acceptors (Lipinski definition) is 4. The number of rotatable bonds is 11. The maximum Gasteiger partial charge on any atom is 0.191 e. The van der Waals surface area contributed by atoms with Crippen LogP contribution in [0.15, 0.2) is 23.2 Å². The fourth-order valence-corrected chi connectivity index (χ4v) is 2.13. The molecule has 1 rings (SSSR count). The topological polar surface area (TPSA) is 64.1 Å². The van der Waals surface area contributed by atoms with E-state index < -0.39 is 0 Å². The Hall–Kier alpha value is -1.95. The summed E-state index contributed by atoms with van der Waals surface area (Å²) in [6.07, 6.45) is 3.25. The lowest BCUT2D eigenvalue weighted by molar-refractivity contribution is 0.129. The second-order valence-corrected chi connectivity index (χ2v) is 5.35. The van der Waals surface area contributed by atoms with Gasteiger partial charge in [0.05, 0.1) is 14.2 Å². The summed E-state index contributed by atoms with van der Waals surface area (Å²) in [5.74, 6) is 2.34. The average molecular weight is 337 g/mol. The normalized spacial score (nSPS) is 11.2. The van der Waals surface area contributed by atoms with Gasteiger partial charge in [0.15, 0.2) is 5.96 Å². The van der Waals surface area contributed by atoms with Crippen molar-refractivity contribution in [3.8, 4) is 11.5 Å². The number of benzene rings is 1. The number of aliphatic imine (C=N–C) groups is 1. The van der Waals surface area contributed by atoms with Crippen molar-refractivity contribution in [1.29, 1.82) is 0 Å². The molecule has 1 aromatic rings. The van der Waals surface area contributed by atoms with Crippen LogP contribution >= 0.6 is 0 Å². The van der Waals surface area contributed by atoms with E-state index in [1.165, 1.54) is 6.42 Å². The minimum absolute atomic E-state index is 0.625. The summed E-state index contributed by atoms with van der Waals surface area (Å²) >= 11 is 0. The highest BCUT2D eigenvalue weighted by molar-refractivity contribution is 5.79. The van der Waals surface area contributed by atoms with Crippen molar-refractivity contribution in [2.24, 2.45) is 4.99 Å². The van der Waals surface area contributed by atoms with Gasteiger partial charge in [-0.2, -0.15) is 0 Å². The third-order valence-corrected chi connectivity index (χ3v) is 3.56. The summed E-state index contributed by atoms with van der Waals surface area (Å²) in [6.45, 7) is 5.24. The first-order valence-corrected chi connectivity index (χ1v) is 8.48. The van der Waals surface area contributed by atoms with E-state index in [9.17, 15) is 0 Å². The van der Waals surface area contributed by atoms with Gasteiger partial charge in [-0.05, 0) is 25.0 Å². The van der Waals surface area contributed by atoms with Gasteiger partial charge in [0.2, 0.25) is 0 Å². The number of hydrogen-bond donors (Lipinski definition) is 2. The molecule has 0 saturated heterocycles. The van der Waals surface area contributed by atoms with Crippen LogP contribution in [-0.4, -0.2) is 47.0 Å². The molecule has 0 bridgehead atoms. The molecule has 0 aliphatic rings. The minimum atomic E-state index is 0.625. The first-order chi connectivity index (χ1) is 11.7. The molecule has 136 valence electrons. The van der Waals surface area contributed by atoms with Crippen LogP contribution in [0.1, 0.15) is 31.7 Å². The van der Waals surface area contributed by atoms with Crippen LogP contribution in [0.25, 0.3) is 0 Å². The number of guanidine groups is 1. The van der Waals surface area contributed by atoms with Crippen LogP contribution in [0.5, 0.6) is 11.5 Å². The Balaban J connectivity index is 2.34. The maximum atomic E-state index is 5.54. The predicted molar refractivity (Wildman–Crippen MR) is 98.1 cm³/mol. The lowest BCUT2D eigenvalue weighted by atomic mass is 10.2. The van der Waals surface area contributed by atoms with Crippen molar-refractivity contribution in [1.82, 2.24) is 10.6 Å². The summed E-state index contributed by atoms with van der Waals surface area (Å²) in [6, 6.07) is 5.78. The van der Waals surface area contributed by atoms with E-state index in [-0.39, 0.29) is 0 Å². The molecule has 0 saturated carbocycles. The Morgan fingerprint density at radius 1 is 1.08 bits per heavy atom. The van der Waals surface area contributed by atoms with Gasteiger partial charge in [-0.25, -0.2) is 0 Å². The molecule has 1 aromatic carbocycles. The Labute approximate surface area is 145 Å². The molecule has 6 heteroatoms. The number of unbranched alkanes of at least 4 members (excludes halogenated alkanes) is 1. The highest BCUT2D eigenvalue weighted by Crippen LogP contribution is 2.24. The number of methoxy groups -OCH3 is 2. The van der Waals surface area contributed by atoms with Gasteiger partial charge in [0.1, 0.15) is 11.5 Å². The summed E-state index contributed by atoms with van der Waals surface area (Å²) in [5.41, 5.74) is 1.05. The third-order valence-electron chi connectivity index (χ3n) is 3.56. The lowest BCUT2D eigenvalue weighted by Gasteiger charge is -2.14. The zero-order valence-corrected chi connectivity index (χ0v) is 15.4. The molecule has 0 atom stereocenters. The van der Waals surface area contributed by atoms with Gasteiger partial charge >= 0.3 is 0 Å². The van der Waals surface area contributed by atoms with E-state index in [4.69, 9.17) is 14.2 Å². The van der Waals surface area contributed by atoms with Gasteiger partial charge in [-0.15, -0.1) is 0 Å². The Kier molecular flexibility index (Phi) is 10.4. The van der Waals surface area contributed by atoms with Crippen LogP contribution in [-0.2, 0) is 11.3 Å². The number of nitrogens with zero attached hydrogens (tertiary/aromatic N) is 1. The van der Waals surface area contributed by atoms with Crippen molar-refractivity contribution in [3.05, 3.63) is 23.8 Å². The molecule has 0 fully saturated rings. The van der Waals surface area contributed by atoms with Crippen molar-refractivity contribution in [2.45, 2.75) is 32.7 Å². The molecular weight excluding hydrogens is 306 g/mol. The van der Waals surface area contributed by atoms with E-state index in [1.54, 1.807) is 21.3 Å². The largest absolute Gasteiger partial charge is 0.497 e. The van der Waals surface area contributed by atoms with Gasteiger partial charge < -0.3 is 24.8 Å². The molecule has 0 amide bonds. The van der Waals surface area contributed by atoms with Crippen molar-refractivity contribution >= 4 is 5.96 Å². The first kappa shape index (κ1) is 20.1. The zero-order valence-electron chi connectivity index (χ0n) is 15.4. The molecule has 0 radical (unpaired) electrons. The Bertz CT molecular complexity index is 492. The van der Waals surface area contributed by atoms with Crippen molar-refractivity contribution in [3.63, 3.8) is 0 Å². The lowest BCUT2D eigenvalue weighted by Crippen LogP contribution is -2.37. The van der Waals surface area contributed by atoms with Crippen LogP contribution in [0.3, 0.4) is 0 Å². The van der Waals surface area contributed by atoms with Crippen molar-refractivity contribution in [2.75, 3.05) is 41.0 Å². The van der Waals surface area contributed by atoms with Crippen LogP contribution < -0.4 is 20.1 Å². The van der Waals surface area contributed by atoms with Crippen LogP contribution in [0, 0.1) is 0 Å². The third kappa shape index (κ3) is 7.55. The van der Waals surface area contributed by atoms with E-state index in [2.05, 4.69) is 22.5 Å². The van der Waals surface area contributed by atoms with E-state index in [0.29, 0.717) is 6.54 Å². The second-order valence-electron chi connectivity index (χ2n) is 5.35. The molecule has 2 N–H and O–H groups in total. The standard InChI is InChI=1S/C18H31N3O3/c1-5-6-11-24-12-7-10-20-18(19-2)21-14-15-8-9-16(22-3)13-17(15)23-4/h8-9,13H,5-7,10-12,14H2,1-4H3,(H2,19,20,21). The molecule has 0 unspecified atom stereocenters. The molecule has 0 aliphatic carbocycles. The van der Waals surface area contributed by atoms with Gasteiger partial charge in [-0.3, -0.25) is 4.99 Å². The molecule has 0 aliphatic heterocycles. The fourth-order valence-electron chi connectivity index (χ4n) is 2.13. The maximum absolute atomic E-state index is 5.54. The minimum Gasteiger partial charge on any atom is -0.497 e. The zero-order chi connectivity index (χ0) is 17.6. The highest BCUT2D eigenvalue weighted by atomic mass is 16.5. The Morgan fingerprint density at radius 3 is 2.54 bits per heavy atom. The van der Waals surface area contributed by atoms with E-state index >= 15 is 0 Å². The van der Waals surface area contributed by atoms with E-state index in [1.807, 2.05) is 18.2 Å². The quantitative estimate of drug-likeness (QED) is 0.369. The smallest absolute Gasteiger partial charge is 0.191 e. The van der Waals surface area contributed by atoms with Crippen molar-refractivity contribution < 1.29 is 14.2 Å². The highest BCUT2D eigenvalue weighted by Gasteiger charge is 2.06. The number of nitrogens with one attached hydrogen (secondary N) is 2. The predicted octanol–water partition coefficient (Wildman–Crippen LogP) is 2.58.